The molecule has 2 heteroatoms. The number of para-hydroxylation sites is 1. The zero-order chi connectivity index (χ0) is 9.26. The fourth-order valence-corrected chi connectivity index (χ4v) is 1.32. The molecule has 0 amide bonds. The normalized spacial score (nSPS) is 9.77. The second kappa shape index (κ2) is 2.80. The van der Waals surface area contributed by atoms with Crippen LogP contribution in [0.25, 0.3) is 10.9 Å². The fourth-order valence-electron chi connectivity index (χ4n) is 1.32. The smallest absolute Gasteiger partial charge is 0.262 e. The van der Waals surface area contributed by atoms with Crippen LogP contribution in [0.5, 0.6) is 0 Å². The van der Waals surface area contributed by atoms with Crippen LogP contribution >= 0.6 is 0 Å². The molecule has 0 unspecified atom stereocenters. The van der Waals surface area contributed by atoms with E-state index in [0.717, 1.165) is 10.9 Å². The average Bonchev–Trinajstić information content (AvgIpc) is 2.18. The van der Waals surface area contributed by atoms with Crippen LogP contribution in [0.1, 0.15) is 0 Å². The van der Waals surface area contributed by atoms with E-state index in [1.807, 2.05) is 24.3 Å². The molecule has 0 aliphatic heterocycles. The van der Waals surface area contributed by atoms with Crippen LogP contribution in [-0.4, -0.2) is 4.57 Å². The van der Waals surface area contributed by atoms with Gasteiger partial charge < -0.3 is 0 Å². The minimum atomic E-state index is -0.166. The highest BCUT2D eigenvalue weighted by atomic mass is 16.1. The van der Waals surface area contributed by atoms with Crippen LogP contribution in [0.15, 0.2) is 41.2 Å². The van der Waals surface area contributed by atoms with Crippen LogP contribution in [0, 0.1) is 12.5 Å². The lowest BCUT2D eigenvalue weighted by atomic mass is 10.2. The molecule has 0 fully saturated rings. The summed E-state index contributed by atoms with van der Waals surface area (Å²) >= 11 is 0. The third kappa shape index (κ3) is 1.11. The van der Waals surface area contributed by atoms with Gasteiger partial charge in [0.15, 0.2) is 0 Å². The van der Waals surface area contributed by atoms with Gasteiger partial charge in [-0.2, -0.15) is 0 Å². The Morgan fingerprint density at radius 2 is 1.92 bits per heavy atom. The average molecular weight is 169 g/mol. The standard InChI is InChI=1S/C11H7NO/c1-2-12-10-6-4-3-5-9(10)7-8-11(12)13/h1,3-8H. The van der Waals surface area contributed by atoms with E-state index in [2.05, 4.69) is 6.04 Å². The van der Waals surface area contributed by atoms with Crippen molar-refractivity contribution in [3.05, 3.63) is 46.8 Å². The summed E-state index contributed by atoms with van der Waals surface area (Å²) in [5.41, 5.74) is 0.610. The zero-order valence-electron chi connectivity index (χ0n) is 6.90. The van der Waals surface area contributed by atoms with E-state index in [1.165, 1.54) is 10.6 Å². The summed E-state index contributed by atoms with van der Waals surface area (Å²) in [5, 5.41) is 0.972. The van der Waals surface area contributed by atoms with Crippen molar-refractivity contribution in [2.45, 2.75) is 0 Å². The molecule has 1 aromatic carbocycles. The lowest BCUT2D eigenvalue weighted by molar-refractivity contribution is 1.10. The van der Waals surface area contributed by atoms with Crippen LogP contribution < -0.4 is 5.56 Å². The summed E-state index contributed by atoms with van der Waals surface area (Å²) in [6.07, 6.45) is 5.23. The molecule has 62 valence electrons. The lowest BCUT2D eigenvalue weighted by Crippen LogP contribution is -2.14. The van der Waals surface area contributed by atoms with Crippen molar-refractivity contribution in [3.63, 3.8) is 0 Å². The predicted octanol–water partition coefficient (Wildman–Crippen LogP) is 1.44. The number of hydrogen-bond donors (Lipinski definition) is 0. The van der Waals surface area contributed by atoms with Crippen molar-refractivity contribution in [1.29, 1.82) is 0 Å². The van der Waals surface area contributed by atoms with Gasteiger partial charge in [-0.25, -0.2) is 4.57 Å². The van der Waals surface area contributed by atoms with Crippen LogP contribution in [0.3, 0.4) is 0 Å². The molecule has 1 heterocycles. The second-order valence-electron chi connectivity index (χ2n) is 2.69. The van der Waals surface area contributed by atoms with Gasteiger partial charge in [-0.3, -0.25) is 4.79 Å². The second-order valence-corrected chi connectivity index (χ2v) is 2.69. The summed E-state index contributed by atoms with van der Waals surface area (Å²) in [6.45, 7) is 0. The van der Waals surface area contributed by atoms with Crippen LogP contribution in [0.4, 0.5) is 0 Å². The third-order valence-electron chi connectivity index (χ3n) is 1.93. The molecule has 2 aromatic rings. The topological polar surface area (TPSA) is 22.0 Å². The Bertz CT molecular complexity index is 546. The summed E-state index contributed by atoms with van der Waals surface area (Å²) in [6, 6.07) is 13.1. The van der Waals surface area contributed by atoms with Gasteiger partial charge in [0.2, 0.25) is 0 Å². The number of terminal acetylenes is 1. The molecular formula is C11H7NO. The van der Waals surface area contributed by atoms with Gasteiger partial charge in [0, 0.05) is 12.1 Å². The largest absolute Gasteiger partial charge is 0.268 e. The number of aromatic nitrogens is 1. The lowest BCUT2D eigenvalue weighted by Gasteiger charge is -2.00. The van der Waals surface area contributed by atoms with E-state index >= 15 is 0 Å². The highest BCUT2D eigenvalue weighted by Crippen LogP contribution is 2.09. The van der Waals surface area contributed by atoms with E-state index in [1.54, 1.807) is 6.07 Å². The third-order valence-corrected chi connectivity index (χ3v) is 1.93. The van der Waals surface area contributed by atoms with E-state index < -0.39 is 0 Å². The molecule has 0 saturated carbocycles. The van der Waals surface area contributed by atoms with Gasteiger partial charge in [-0.15, -0.1) is 0 Å². The van der Waals surface area contributed by atoms with Gasteiger partial charge >= 0.3 is 0 Å². The Morgan fingerprint density at radius 1 is 1.15 bits per heavy atom. The van der Waals surface area contributed by atoms with Crippen molar-refractivity contribution in [1.82, 2.24) is 4.57 Å². The molecule has 0 N–H and O–H groups in total. The first-order valence-corrected chi connectivity index (χ1v) is 3.90. The Balaban J connectivity index is 3.03. The first-order valence-electron chi connectivity index (χ1n) is 3.90. The highest BCUT2D eigenvalue weighted by Gasteiger charge is 1.97. The van der Waals surface area contributed by atoms with Crippen LogP contribution in [-0.2, 0) is 0 Å². The number of pyridine rings is 1. The SMILES string of the molecule is C#Cn1c(=O)ccc2ccccc21. The molecule has 0 aliphatic carbocycles. The summed E-state index contributed by atoms with van der Waals surface area (Å²) in [5.74, 6) is 0. The van der Waals surface area contributed by atoms with Crippen molar-refractivity contribution >= 4 is 10.9 Å². The van der Waals surface area contributed by atoms with Gasteiger partial charge in [0.1, 0.15) is 0 Å². The predicted molar refractivity (Wildman–Crippen MR) is 52.4 cm³/mol. The number of nitrogens with zero attached hydrogens (tertiary/aromatic N) is 1. The molecule has 0 aliphatic rings. The Hall–Kier alpha value is -2.01. The number of fused-ring (bicyclic) bond motifs is 1. The minimum Gasteiger partial charge on any atom is -0.268 e. The summed E-state index contributed by atoms with van der Waals surface area (Å²) in [7, 11) is 0. The number of rotatable bonds is 0. The first-order chi connectivity index (χ1) is 6.33. The quantitative estimate of drug-likeness (QED) is 0.547. The molecule has 0 atom stereocenters. The molecule has 1 aromatic heterocycles. The highest BCUT2D eigenvalue weighted by molar-refractivity contribution is 5.79. The van der Waals surface area contributed by atoms with E-state index in [0.29, 0.717) is 0 Å². The van der Waals surface area contributed by atoms with Gasteiger partial charge in [-0.05, 0) is 17.5 Å². The maximum absolute atomic E-state index is 11.3. The van der Waals surface area contributed by atoms with Gasteiger partial charge in [-0.1, -0.05) is 24.6 Å². The van der Waals surface area contributed by atoms with Crippen LogP contribution in [0.2, 0.25) is 0 Å². The minimum absolute atomic E-state index is 0.166. The van der Waals surface area contributed by atoms with Gasteiger partial charge in [0.25, 0.3) is 5.56 Å². The molecule has 0 spiro atoms. The molecule has 0 radical (unpaired) electrons. The monoisotopic (exact) mass is 169 g/mol. The zero-order valence-corrected chi connectivity index (χ0v) is 6.90. The molecule has 13 heavy (non-hydrogen) atoms. The molecule has 2 rings (SSSR count). The van der Waals surface area contributed by atoms with E-state index in [4.69, 9.17) is 6.42 Å². The van der Waals surface area contributed by atoms with Gasteiger partial charge in [0.05, 0.1) is 5.52 Å². The summed E-state index contributed by atoms with van der Waals surface area (Å²) < 4.78 is 1.30. The molecule has 0 saturated heterocycles. The molecule has 0 bridgehead atoms. The fraction of sp³-hybridized carbons (Fsp3) is 0. The number of benzene rings is 1. The van der Waals surface area contributed by atoms with E-state index in [-0.39, 0.29) is 5.56 Å². The van der Waals surface area contributed by atoms with Crippen molar-refractivity contribution in [3.8, 4) is 12.5 Å². The van der Waals surface area contributed by atoms with Crippen molar-refractivity contribution in [2.75, 3.05) is 0 Å². The van der Waals surface area contributed by atoms with E-state index in [9.17, 15) is 4.79 Å². The first kappa shape index (κ1) is 7.63. The Morgan fingerprint density at radius 3 is 2.69 bits per heavy atom. The van der Waals surface area contributed by atoms with Crippen molar-refractivity contribution < 1.29 is 0 Å². The maximum Gasteiger partial charge on any atom is 0.262 e. The maximum atomic E-state index is 11.3. The Kier molecular flexibility index (Phi) is 1.64. The molecule has 2 nitrogen and oxygen atoms in total. The number of hydrogen-bond acceptors (Lipinski definition) is 1. The Labute approximate surface area is 75.4 Å². The van der Waals surface area contributed by atoms with Crippen molar-refractivity contribution in [2.24, 2.45) is 0 Å². The molecular weight excluding hydrogens is 162 g/mol. The summed E-state index contributed by atoms with van der Waals surface area (Å²) in [4.78, 5) is 11.3.